The van der Waals surface area contributed by atoms with Crippen LogP contribution in [0.1, 0.15) is 56.7 Å². The maximum absolute atomic E-state index is 4.24. The van der Waals surface area contributed by atoms with Gasteiger partial charge in [0.25, 0.3) is 0 Å². The molecular formula is C16H27N3S. The van der Waals surface area contributed by atoms with Gasteiger partial charge in [0.1, 0.15) is 0 Å². The summed E-state index contributed by atoms with van der Waals surface area (Å²) in [6, 6.07) is 0.703. The number of aromatic nitrogens is 1. The van der Waals surface area contributed by atoms with Gasteiger partial charge in [-0.25, -0.2) is 0 Å². The van der Waals surface area contributed by atoms with E-state index in [0.29, 0.717) is 11.6 Å². The zero-order valence-corrected chi connectivity index (χ0v) is 13.4. The quantitative estimate of drug-likeness (QED) is 0.922. The molecule has 0 amide bonds. The average molecular weight is 293 g/mol. The fourth-order valence-electron chi connectivity index (χ4n) is 3.92. The van der Waals surface area contributed by atoms with Gasteiger partial charge < -0.3 is 5.32 Å². The van der Waals surface area contributed by atoms with Gasteiger partial charge in [0.05, 0.1) is 5.51 Å². The fraction of sp³-hybridized carbons (Fsp3) is 0.812. The standard InChI is InChI=1S/C16H27N3S/c1-2-6-14-9-18-16(7-4-3-5-8-16)12-19(14)11-15-10-17-13-20-15/h10,13-14,18H,2-9,11-12H2,1H3. The van der Waals surface area contributed by atoms with Crippen LogP contribution in [0.2, 0.25) is 0 Å². The maximum atomic E-state index is 4.24. The number of hydrogen-bond donors (Lipinski definition) is 1. The third-order valence-electron chi connectivity index (χ3n) is 5.01. The van der Waals surface area contributed by atoms with Gasteiger partial charge in [-0.15, -0.1) is 11.3 Å². The maximum Gasteiger partial charge on any atom is 0.0794 e. The van der Waals surface area contributed by atoms with Crippen LogP contribution in [0.25, 0.3) is 0 Å². The first-order valence-corrected chi connectivity index (χ1v) is 9.06. The molecule has 0 bridgehead atoms. The van der Waals surface area contributed by atoms with E-state index in [1.165, 1.54) is 62.9 Å². The summed E-state index contributed by atoms with van der Waals surface area (Å²) in [6.07, 6.45) is 11.6. The molecule has 1 unspecified atom stereocenters. The Balaban J connectivity index is 1.70. The highest BCUT2D eigenvalue weighted by molar-refractivity contribution is 7.09. The van der Waals surface area contributed by atoms with Crippen LogP contribution in [0.3, 0.4) is 0 Å². The van der Waals surface area contributed by atoms with E-state index in [1.807, 2.05) is 11.7 Å². The Morgan fingerprint density at radius 1 is 1.40 bits per heavy atom. The van der Waals surface area contributed by atoms with Crippen molar-refractivity contribution >= 4 is 11.3 Å². The van der Waals surface area contributed by atoms with E-state index in [9.17, 15) is 0 Å². The van der Waals surface area contributed by atoms with E-state index in [2.05, 4.69) is 22.1 Å². The molecule has 2 aliphatic rings. The summed E-state index contributed by atoms with van der Waals surface area (Å²) < 4.78 is 0. The van der Waals surface area contributed by atoms with E-state index >= 15 is 0 Å². The molecule has 1 saturated carbocycles. The third-order valence-corrected chi connectivity index (χ3v) is 5.77. The second-order valence-corrected chi connectivity index (χ2v) is 7.51. The molecule has 2 fully saturated rings. The summed E-state index contributed by atoms with van der Waals surface area (Å²) in [5.74, 6) is 0. The van der Waals surface area contributed by atoms with E-state index in [0.717, 1.165) is 6.54 Å². The van der Waals surface area contributed by atoms with Crippen LogP contribution in [0, 0.1) is 0 Å². The zero-order valence-electron chi connectivity index (χ0n) is 12.6. The van der Waals surface area contributed by atoms with Crippen LogP contribution >= 0.6 is 11.3 Å². The van der Waals surface area contributed by atoms with Crippen molar-refractivity contribution in [2.45, 2.75) is 70.0 Å². The Bertz CT molecular complexity index is 398. The first-order chi connectivity index (χ1) is 9.81. The lowest BCUT2D eigenvalue weighted by Gasteiger charge is -2.49. The second-order valence-electron chi connectivity index (χ2n) is 6.54. The van der Waals surface area contributed by atoms with Crippen molar-refractivity contribution in [3.63, 3.8) is 0 Å². The Morgan fingerprint density at radius 2 is 2.25 bits per heavy atom. The Hall–Kier alpha value is -0.450. The average Bonchev–Trinajstić information content (AvgIpc) is 2.96. The van der Waals surface area contributed by atoms with Gasteiger partial charge in [-0.2, -0.15) is 0 Å². The van der Waals surface area contributed by atoms with Gasteiger partial charge in [-0.3, -0.25) is 9.88 Å². The summed E-state index contributed by atoms with van der Waals surface area (Å²) in [6.45, 7) is 5.80. The number of nitrogens with one attached hydrogen (secondary N) is 1. The minimum Gasteiger partial charge on any atom is -0.308 e. The fourth-order valence-corrected chi connectivity index (χ4v) is 4.54. The highest BCUT2D eigenvalue weighted by atomic mass is 32.1. The molecular weight excluding hydrogens is 266 g/mol. The molecule has 3 nitrogen and oxygen atoms in total. The van der Waals surface area contributed by atoms with Gasteiger partial charge in [0, 0.05) is 42.3 Å². The van der Waals surface area contributed by atoms with Crippen molar-refractivity contribution in [2.75, 3.05) is 13.1 Å². The molecule has 1 aromatic rings. The molecule has 112 valence electrons. The van der Waals surface area contributed by atoms with Crippen LogP contribution in [0.4, 0.5) is 0 Å². The molecule has 1 atom stereocenters. The molecule has 3 rings (SSSR count). The summed E-state index contributed by atoms with van der Waals surface area (Å²) >= 11 is 1.80. The smallest absolute Gasteiger partial charge is 0.0794 e. The largest absolute Gasteiger partial charge is 0.308 e. The van der Waals surface area contributed by atoms with Crippen molar-refractivity contribution in [3.8, 4) is 0 Å². The summed E-state index contributed by atoms with van der Waals surface area (Å²) in [5, 5.41) is 3.93. The normalized spacial score (nSPS) is 26.9. The molecule has 2 heterocycles. The minimum atomic E-state index is 0.410. The van der Waals surface area contributed by atoms with Crippen LogP contribution in [0.5, 0.6) is 0 Å². The Kier molecular flexibility index (Phi) is 4.74. The van der Waals surface area contributed by atoms with Gasteiger partial charge in [0.15, 0.2) is 0 Å². The SMILES string of the molecule is CCCC1CNC2(CCCCC2)CN1Cc1cncs1. The van der Waals surface area contributed by atoms with E-state index in [1.54, 1.807) is 11.3 Å². The molecule has 1 spiro atoms. The molecule has 1 saturated heterocycles. The highest BCUT2D eigenvalue weighted by Crippen LogP contribution is 2.33. The van der Waals surface area contributed by atoms with E-state index < -0.39 is 0 Å². The summed E-state index contributed by atoms with van der Waals surface area (Å²) in [7, 11) is 0. The van der Waals surface area contributed by atoms with Crippen LogP contribution in [0.15, 0.2) is 11.7 Å². The number of thiazole rings is 1. The lowest BCUT2D eigenvalue weighted by molar-refractivity contribution is 0.0468. The molecule has 0 aromatic carbocycles. The van der Waals surface area contributed by atoms with Crippen molar-refractivity contribution in [2.24, 2.45) is 0 Å². The van der Waals surface area contributed by atoms with Gasteiger partial charge >= 0.3 is 0 Å². The first-order valence-electron chi connectivity index (χ1n) is 8.18. The van der Waals surface area contributed by atoms with Gasteiger partial charge in [0.2, 0.25) is 0 Å². The lowest BCUT2D eigenvalue weighted by atomic mass is 9.79. The highest BCUT2D eigenvalue weighted by Gasteiger charge is 2.39. The predicted octanol–water partition coefficient (Wildman–Crippen LogP) is 3.42. The van der Waals surface area contributed by atoms with Gasteiger partial charge in [-0.05, 0) is 19.3 Å². The molecule has 20 heavy (non-hydrogen) atoms. The minimum absolute atomic E-state index is 0.410. The van der Waals surface area contributed by atoms with Crippen LogP contribution in [-0.2, 0) is 6.54 Å². The number of hydrogen-bond acceptors (Lipinski definition) is 4. The Morgan fingerprint density at radius 3 is 2.95 bits per heavy atom. The zero-order chi connectivity index (χ0) is 13.8. The molecule has 4 heteroatoms. The van der Waals surface area contributed by atoms with Crippen molar-refractivity contribution in [3.05, 3.63) is 16.6 Å². The molecule has 1 aromatic heterocycles. The van der Waals surface area contributed by atoms with Crippen LogP contribution < -0.4 is 5.32 Å². The first kappa shape index (κ1) is 14.5. The second kappa shape index (κ2) is 6.54. The number of piperazine rings is 1. The van der Waals surface area contributed by atoms with Crippen molar-refractivity contribution < 1.29 is 0 Å². The van der Waals surface area contributed by atoms with E-state index in [4.69, 9.17) is 0 Å². The van der Waals surface area contributed by atoms with Crippen molar-refractivity contribution in [1.82, 2.24) is 15.2 Å². The number of nitrogens with zero attached hydrogens (tertiary/aromatic N) is 2. The third kappa shape index (κ3) is 3.23. The number of rotatable bonds is 4. The molecule has 1 aliphatic carbocycles. The molecule has 1 N–H and O–H groups in total. The van der Waals surface area contributed by atoms with E-state index in [-0.39, 0.29) is 0 Å². The summed E-state index contributed by atoms with van der Waals surface area (Å²) in [5.41, 5.74) is 2.37. The topological polar surface area (TPSA) is 28.2 Å². The van der Waals surface area contributed by atoms with Crippen LogP contribution in [-0.4, -0.2) is 34.6 Å². The molecule has 1 aliphatic heterocycles. The molecule has 0 radical (unpaired) electrons. The Labute approximate surface area is 126 Å². The van der Waals surface area contributed by atoms with Gasteiger partial charge in [-0.1, -0.05) is 32.6 Å². The predicted molar refractivity (Wildman–Crippen MR) is 85.0 cm³/mol. The van der Waals surface area contributed by atoms with Crippen molar-refractivity contribution in [1.29, 1.82) is 0 Å². The lowest BCUT2D eigenvalue weighted by Crippen LogP contribution is -2.64. The summed E-state index contributed by atoms with van der Waals surface area (Å²) in [4.78, 5) is 8.39. The monoisotopic (exact) mass is 293 g/mol.